The maximum Gasteiger partial charge on any atom is 0.176 e. The molecule has 19 heavy (non-hydrogen) atoms. The molecule has 1 aromatic carbocycles. The molecular weight excluding hydrogens is 242 g/mol. The van der Waals surface area contributed by atoms with Gasteiger partial charge in [-0.2, -0.15) is 0 Å². The van der Waals surface area contributed by atoms with Gasteiger partial charge in [0.2, 0.25) is 0 Å². The Labute approximate surface area is 114 Å². The highest BCUT2D eigenvalue weighted by molar-refractivity contribution is 5.97. The zero-order valence-corrected chi connectivity index (χ0v) is 11.6. The number of benzene rings is 1. The molecule has 1 fully saturated rings. The van der Waals surface area contributed by atoms with E-state index in [4.69, 9.17) is 9.47 Å². The highest BCUT2D eigenvalue weighted by atomic mass is 16.5. The zero-order valence-electron chi connectivity index (χ0n) is 11.6. The Hall–Kier alpha value is -1.39. The maximum absolute atomic E-state index is 12.1. The number of hydrogen-bond donors (Lipinski definition) is 0. The third kappa shape index (κ3) is 4.33. The molecule has 0 atom stereocenters. The van der Waals surface area contributed by atoms with Crippen LogP contribution >= 0.6 is 0 Å². The average Bonchev–Trinajstić information content (AvgIpc) is 2.40. The Bertz CT molecular complexity index is 408. The number of Topliss-reactive ketones (excluding diaryl/α,β-unsaturated/α-hetero) is 1. The number of hydrogen-bond acceptors (Lipinski definition) is 4. The molecule has 0 spiro atoms. The van der Waals surface area contributed by atoms with E-state index >= 15 is 0 Å². The fourth-order valence-corrected chi connectivity index (χ4v) is 2.05. The van der Waals surface area contributed by atoms with Crippen molar-refractivity contribution in [3.63, 3.8) is 0 Å². The van der Waals surface area contributed by atoms with Crippen molar-refractivity contribution in [2.75, 3.05) is 32.8 Å². The number of rotatable bonds is 5. The molecular formula is C15H21NO3. The molecule has 1 heterocycles. The van der Waals surface area contributed by atoms with Gasteiger partial charge in [0.1, 0.15) is 5.75 Å². The topological polar surface area (TPSA) is 38.8 Å². The van der Waals surface area contributed by atoms with Crippen LogP contribution in [0.1, 0.15) is 24.2 Å². The minimum atomic E-state index is 0.148. The predicted molar refractivity (Wildman–Crippen MR) is 73.8 cm³/mol. The standard InChI is InChI=1S/C15H21NO3/c1-12(2)19-14-5-3-13(4-6-14)15(17)11-16-7-9-18-10-8-16/h3-6,12H,7-11H2,1-2H3. The smallest absolute Gasteiger partial charge is 0.176 e. The SMILES string of the molecule is CC(C)Oc1ccc(C(=O)CN2CCOCC2)cc1. The molecule has 0 saturated carbocycles. The van der Waals surface area contributed by atoms with Gasteiger partial charge in [0.05, 0.1) is 25.9 Å². The van der Waals surface area contributed by atoms with Crippen LogP contribution in [0.25, 0.3) is 0 Å². The molecule has 0 N–H and O–H groups in total. The summed E-state index contributed by atoms with van der Waals surface area (Å²) in [7, 11) is 0. The molecule has 0 radical (unpaired) electrons. The summed E-state index contributed by atoms with van der Waals surface area (Å²) in [6.07, 6.45) is 0.148. The van der Waals surface area contributed by atoms with Crippen LogP contribution in [-0.2, 0) is 4.74 Å². The number of nitrogens with zero attached hydrogens (tertiary/aromatic N) is 1. The van der Waals surface area contributed by atoms with Crippen molar-refractivity contribution in [1.82, 2.24) is 4.90 Å². The summed E-state index contributed by atoms with van der Waals surface area (Å²) in [5.41, 5.74) is 0.739. The van der Waals surface area contributed by atoms with Crippen molar-refractivity contribution in [3.05, 3.63) is 29.8 Å². The van der Waals surface area contributed by atoms with Gasteiger partial charge in [-0.05, 0) is 38.1 Å². The quantitative estimate of drug-likeness (QED) is 0.762. The van der Waals surface area contributed by atoms with Crippen LogP contribution in [0, 0.1) is 0 Å². The zero-order chi connectivity index (χ0) is 13.7. The minimum Gasteiger partial charge on any atom is -0.491 e. The molecule has 1 aliphatic rings. The van der Waals surface area contributed by atoms with Crippen molar-refractivity contribution >= 4 is 5.78 Å². The largest absolute Gasteiger partial charge is 0.491 e. The van der Waals surface area contributed by atoms with E-state index in [1.165, 1.54) is 0 Å². The summed E-state index contributed by atoms with van der Waals surface area (Å²) in [4.78, 5) is 14.3. The highest BCUT2D eigenvalue weighted by Gasteiger charge is 2.15. The average molecular weight is 263 g/mol. The summed E-state index contributed by atoms with van der Waals surface area (Å²) in [5, 5.41) is 0. The lowest BCUT2D eigenvalue weighted by molar-refractivity contribution is 0.0371. The minimum absolute atomic E-state index is 0.148. The van der Waals surface area contributed by atoms with Gasteiger partial charge in [0.25, 0.3) is 0 Å². The number of ketones is 1. The highest BCUT2D eigenvalue weighted by Crippen LogP contribution is 2.14. The van der Waals surface area contributed by atoms with Gasteiger partial charge in [-0.15, -0.1) is 0 Å². The molecule has 0 amide bonds. The van der Waals surface area contributed by atoms with E-state index in [9.17, 15) is 4.79 Å². The normalized spacial score (nSPS) is 16.6. The van der Waals surface area contributed by atoms with E-state index in [1.807, 2.05) is 38.1 Å². The lowest BCUT2D eigenvalue weighted by Crippen LogP contribution is -2.39. The number of carbonyl (C=O) groups excluding carboxylic acids is 1. The Morgan fingerprint density at radius 2 is 1.89 bits per heavy atom. The molecule has 0 aromatic heterocycles. The number of ether oxygens (including phenoxy) is 2. The first-order valence-electron chi connectivity index (χ1n) is 6.75. The third-order valence-corrected chi connectivity index (χ3v) is 3.02. The monoisotopic (exact) mass is 263 g/mol. The third-order valence-electron chi connectivity index (χ3n) is 3.02. The molecule has 2 rings (SSSR count). The Morgan fingerprint density at radius 3 is 2.47 bits per heavy atom. The second kappa shape index (κ2) is 6.68. The fourth-order valence-electron chi connectivity index (χ4n) is 2.05. The fraction of sp³-hybridized carbons (Fsp3) is 0.533. The van der Waals surface area contributed by atoms with Crippen LogP contribution in [-0.4, -0.2) is 49.6 Å². The molecule has 0 unspecified atom stereocenters. The van der Waals surface area contributed by atoms with Crippen LogP contribution in [0.4, 0.5) is 0 Å². The van der Waals surface area contributed by atoms with Gasteiger partial charge >= 0.3 is 0 Å². The van der Waals surface area contributed by atoms with Gasteiger partial charge in [-0.3, -0.25) is 9.69 Å². The molecule has 1 aliphatic heterocycles. The molecule has 4 nitrogen and oxygen atoms in total. The first kappa shape index (κ1) is 14.0. The van der Waals surface area contributed by atoms with Gasteiger partial charge in [0, 0.05) is 18.7 Å². The molecule has 104 valence electrons. The van der Waals surface area contributed by atoms with Gasteiger partial charge in [-0.25, -0.2) is 0 Å². The van der Waals surface area contributed by atoms with Crippen LogP contribution in [0.2, 0.25) is 0 Å². The number of morpholine rings is 1. The van der Waals surface area contributed by atoms with Crippen LogP contribution in [0.5, 0.6) is 5.75 Å². The Morgan fingerprint density at radius 1 is 1.26 bits per heavy atom. The van der Waals surface area contributed by atoms with E-state index in [-0.39, 0.29) is 11.9 Å². The second-order valence-electron chi connectivity index (χ2n) is 5.00. The van der Waals surface area contributed by atoms with E-state index in [0.717, 1.165) is 24.4 Å². The van der Waals surface area contributed by atoms with Crippen LogP contribution in [0.15, 0.2) is 24.3 Å². The van der Waals surface area contributed by atoms with E-state index in [2.05, 4.69) is 4.90 Å². The predicted octanol–water partition coefficient (Wildman–Crippen LogP) is 1.99. The van der Waals surface area contributed by atoms with Crippen LogP contribution in [0.3, 0.4) is 0 Å². The molecule has 0 aliphatic carbocycles. The van der Waals surface area contributed by atoms with Crippen LogP contribution < -0.4 is 4.74 Å². The van der Waals surface area contributed by atoms with Gasteiger partial charge < -0.3 is 9.47 Å². The van der Waals surface area contributed by atoms with Crippen molar-refractivity contribution in [2.24, 2.45) is 0 Å². The second-order valence-corrected chi connectivity index (χ2v) is 5.00. The van der Waals surface area contributed by atoms with Crippen molar-refractivity contribution < 1.29 is 14.3 Å². The van der Waals surface area contributed by atoms with Crippen molar-refractivity contribution in [1.29, 1.82) is 0 Å². The molecule has 0 bridgehead atoms. The molecule has 4 heteroatoms. The summed E-state index contributed by atoms with van der Waals surface area (Å²) in [6, 6.07) is 7.38. The number of carbonyl (C=O) groups is 1. The van der Waals surface area contributed by atoms with E-state index in [1.54, 1.807) is 0 Å². The maximum atomic E-state index is 12.1. The first-order chi connectivity index (χ1) is 9.15. The lowest BCUT2D eigenvalue weighted by Gasteiger charge is -2.25. The van der Waals surface area contributed by atoms with Crippen molar-refractivity contribution in [3.8, 4) is 5.75 Å². The Kier molecular flexibility index (Phi) is 4.93. The van der Waals surface area contributed by atoms with E-state index in [0.29, 0.717) is 19.8 Å². The van der Waals surface area contributed by atoms with E-state index < -0.39 is 0 Å². The molecule has 1 saturated heterocycles. The summed E-state index contributed by atoms with van der Waals surface area (Å²) in [5.74, 6) is 0.955. The summed E-state index contributed by atoms with van der Waals surface area (Å²) < 4.78 is 10.8. The lowest BCUT2D eigenvalue weighted by atomic mass is 10.1. The Balaban J connectivity index is 1.91. The van der Waals surface area contributed by atoms with Gasteiger partial charge in [-0.1, -0.05) is 0 Å². The van der Waals surface area contributed by atoms with Gasteiger partial charge in [0.15, 0.2) is 5.78 Å². The molecule has 1 aromatic rings. The first-order valence-corrected chi connectivity index (χ1v) is 6.75. The summed E-state index contributed by atoms with van der Waals surface area (Å²) in [6.45, 7) is 7.53. The summed E-state index contributed by atoms with van der Waals surface area (Å²) >= 11 is 0. The van der Waals surface area contributed by atoms with Crippen molar-refractivity contribution in [2.45, 2.75) is 20.0 Å².